The predicted octanol–water partition coefficient (Wildman–Crippen LogP) is -3.98. The van der Waals surface area contributed by atoms with Crippen LogP contribution < -0.4 is 0 Å². The molecule has 24 valence electrons. The Bertz CT molecular complexity index is 11.5. The number of hydrogen-bond acceptors (Lipinski definition) is 0. The summed E-state index contributed by atoms with van der Waals surface area (Å²) >= 11 is 0. The van der Waals surface area contributed by atoms with Crippen molar-refractivity contribution in [3.8, 4) is 0 Å². The molecule has 0 atom stereocenters. The standard InChI is InChI=1S/2Al.Mg.H4Si.8H/h;;;1H4;;;;;;;;/q;;+2;;;;;;;;2*-1. The molecule has 0 nitrogen and oxygen atoms in total. The molecular weight excluding hydrogens is 106 g/mol. The van der Waals surface area contributed by atoms with Crippen molar-refractivity contribution < 1.29 is 2.85 Å². The first-order valence-corrected chi connectivity index (χ1v) is 0. The van der Waals surface area contributed by atoms with Gasteiger partial charge >= 0.3 is 23.1 Å². The minimum atomic E-state index is 0. The van der Waals surface area contributed by atoms with Crippen LogP contribution in [0.5, 0.6) is 0 Å². The minimum absolute atomic E-state index is 0. The monoisotopic (exact) mass is 118 g/mol. The largest absolute Gasteiger partial charge is 2.00 e. The van der Waals surface area contributed by atoms with Gasteiger partial charge in [-0.05, 0) is 11.0 Å². The Morgan fingerprint density at radius 1 is 1.00 bits per heavy atom. The Balaban J connectivity index is 0. The molecule has 0 aliphatic rings. The zero-order valence-electron chi connectivity index (χ0n) is 2.71. The Kier molecular flexibility index (Phi) is 181. The van der Waals surface area contributed by atoms with E-state index in [9.17, 15) is 0 Å². The van der Waals surface area contributed by atoms with Crippen molar-refractivity contribution in [3.05, 3.63) is 0 Å². The van der Waals surface area contributed by atoms with E-state index >= 15 is 0 Å². The van der Waals surface area contributed by atoms with E-state index in [4.69, 9.17) is 0 Å². The second-order valence-corrected chi connectivity index (χ2v) is 0. The van der Waals surface area contributed by atoms with E-state index in [1.54, 1.807) is 0 Å². The molecule has 0 N–H and O–H groups in total. The quantitative estimate of drug-likeness (QED) is 0.285. The van der Waals surface area contributed by atoms with Crippen LogP contribution in [0.1, 0.15) is 2.85 Å². The maximum Gasteiger partial charge on any atom is 2.00 e. The molecule has 0 aromatic rings. The third-order valence-electron chi connectivity index (χ3n) is 0. The Labute approximate surface area is 71.1 Å². The average molecular weight is 118 g/mol. The van der Waals surface area contributed by atoms with Crippen molar-refractivity contribution in [2.75, 3.05) is 0 Å². The van der Waals surface area contributed by atoms with Gasteiger partial charge in [0, 0.05) is 0 Å². The first kappa shape index (κ1) is 36.7. The molecule has 0 aromatic carbocycles. The molecule has 0 rings (SSSR count). The minimum Gasteiger partial charge on any atom is -1.00 e. The zero-order valence-corrected chi connectivity index (χ0v) is 2.12. The van der Waals surface area contributed by atoms with Gasteiger partial charge in [0.05, 0.1) is 0 Å². The van der Waals surface area contributed by atoms with E-state index in [0.717, 1.165) is 0 Å². The second-order valence-electron chi connectivity index (χ2n) is 0. The van der Waals surface area contributed by atoms with Gasteiger partial charge in [-0.3, -0.25) is 0 Å². The normalized spacial score (nSPS) is 0. The van der Waals surface area contributed by atoms with Crippen LogP contribution in [0.25, 0.3) is 0 Å². The van der Waals surface area contributed by atoms with E-state index in [-0.39, 0.29) is 71.6 Å². The fourth-order valence-electron chi connectivity index (χ4n) is 0. The van der Waals surface area contributed by atoms with E-state index in [1.165, 1.54) is 0 Å². The topological polar surface area (TPSA) is 0 Å². The molecule has 0 heterocycles. The Hall–Kier alpha value is 2.05. The summed E-state index contributed by atoms with van der Waals surface area (Å²) in [5.74, 6) is 0. The number of rotatable bonds is 0. The molecule has 4 heavy (non-hydrogen) atoms. The van der Waals surface area contributed by atoms with Gasteiger partial charge in [0.2, 0.25) is 0 Å². The summed E-state index contributed by atoms with van der Waals surface area (Å²) < 4.78 is 0. The Morgan fingerprint density at radius 2 is 1.00 bits per heavy atom. The summed E-state index contributed by atoms with van der Waals surface area (Å²) in [5, 5.41) is 0. The molecule has 0 aliphatic heterocycles. The van der Waals surface area contributed by atoms with Crippen LogP contribution in [0, 0.1) is 0 Å². The zero-order chi connectivity index (χ0) is 0. The molecule has 0 aliphatic carbocycles. The van der Waals surface area contributed by atoms with Crippen LogP contribution in [0.15, 0.2) is 0 Å². The summed E-state index contributed by atoms with van der Waals surface area (Å²) in [6, 6.07) is 0. The van der Waals surface area contributed by atoms with Crippen molar-refractivity contribution in [2.45, 2.75) is 0 Å². The van der Waals surface area contributed by atoms with Gasteiger partial charge in [0.15, 0.2) is 34.7 Å². The SMILES string of the molecule is [AlH3].[AlH3].[H-].[H-].[Mg+2].[SiH4]. The second kappa shape index (κ2) is 19.7. The first-order valence-electron chi connectivity index (χ1n) is 0. The molecular formula is H12Al2MgSi. The van der Waals surface area contributed by atoms with E-state index in [2.05, 4.69) is 0 Å². The van der Waals surface area contributed by atoms with Gasteiger partial charge in [0.25, 0.3) is 0 Å². The summed E-state index contributed by atoms with van der Waals surface area (Å²) in [7, 11) is 0. The molecule has 0 bridgehead atoms. The molecule has 0 amide bonds. The molecule has 4 heteroatoms. The number of hydrogen-bond donors (Lipinski definition) is 0. The van der Waals surface area contributed by atoms with E-state index in [1.807, 2.05) is 0 Å². The molecule has 0 saturated heterocycles. The fraction of sp³-hybridized carbons (Fsp3) is 0. The van der Waals surface area contributed by atoms with Gasteiger partial charge in [-0.15, -0.1) is 0 Å². The van der Waals surface area contributed by atoms with Crippen LogP contribution in [0.2, 0.25) is 0 Å². The molecule has 0 unspecified atom stereocenters. The molecule has 0 fully saturated rings. The molecule has 0 radical (unpaired) electrons. The molecule has 0 spiro atoms. The van der Waals surface area contributed by atoms with Crippen molar-refractivity contribution in [3.63, 3.8) is 0 Å². The van der Waals surface area contributed by atoms with Crippen molar-refractivity contribution >= 4 is 68.7 Å². The predicted molar refractivity (Wildman–Crippen MR) is 39.2 cm³/mol. The molecule has 0 saturated carbocycles. The average Bonchev–Trinajstić information content (AvgIpc) is 0. The summed E-state index contributed by atoms with van der Waals surface area (Å²) in [6.07, 6.45) is 0. The molecule has 0 aromatic heterocycles. The van der Waals surface area contributed by atoms with Crippen molar-refractivity contribution in [1.29, 1.82) is 0 Å². The fourth-order valence-corrected chi connectivity index (χ4v) is 0. The first-order chi connectivity index (χ1) is 0. The van der Waals surface area contributed by atoms with Gasteiger partial charge in [-0.2, -0.15) is 0 Å². The van der Waals surface area contributed by atoms with E-state index in [0.29, 0.717) is 0 Å². The van der Waals surface area contributed by atoms with Crippen LogP contribution in [0.4, 0.5) is 0 Å². The van der Waals surface area contributed by atoms with E-state index < -0.39 is 0 Å². The van der Waals surface area contributed by atoms with Gasteiger partial charge in [-0.1, -0.05) is 0 Å². The third-order valence-corrected chi connectivity index (χ3v) is 0. The summed E-state index contributed by atoms with van der Waals surface area (Å²) in [5.41, 5.74) is 0. The smallest absolute Gasteiger partial charge is 1.00 e. The maximum absolute atomic E-state index is 0. The van der Waals surface area contributed by atoms with Crippen LogP contribution >= 0.6 is 0 Å². The Morgan fingerprint density at radius 3 is 1.00 bits per heavy atom. The van der Waals surface area contributed by atoms with Gasteiger partial charge in [0.1, 0.15) is 0 Å². The summed E-state index contributed by atoms with van der Waals surface area (Å²) in [6.45, 7) is 0. The van der Waals surface area contributed by atoms with Crippen molar-refractivity contribution in [1.82, 2.24) is 0 Å². The van der Waals surface area contributed by atoms with Gasteiger partial charge < -0.3 is 2.85 Å². The summed E-state index contributed by atoms with van der Waals surface area (Å²) in [4.78, 5) is 0. The van der Waals surface area contributed by atoms with Gasteiger partial charge in [-0.25, -0.2) is 0 Å². The van der Waals surface area contributed by atoms with Crippen molar-refractivity contribution in [2.24, 2.45) is 0 Å². The maximum atomic E-state index is 0. The third kappa shape index (κ3) is 8.97. The van der Waals surface area contributed by atoms with Crippen LogP contribution in [0.3, 0.4) is 0 Å². The van der Waals surface area contributed by atoms with Crippen LogP contribution in [-0.2, 0) is 0 Å². The van der Waals surface area contributed by atoms with Crippen LogP contribution in [-0.4, -0.2) is 68.7 Å².